The van der Waals surface area contributed by atoms with Crippen LogP contribution in [0, 0.1) is 5.21 Å². The molecule has 0 spiro atoms. The molecule has 0 unspecified atom stereocenters. The highest BCUT2D eigenvalue weighted by Gasteiger charge is 2.13. The van der Waals surface area contributed by atoms with Crippen LogP contribution in [0.2, 0.25) is 0 Å². The highest BCUT2D eigenvalue weighted by atomic mass is 79.9. The van der Waals surface area contributed by atoms with Crippen molar-refractivity contribution in [2.45, 2.75) is 9.79 Å². The van der Waals surface area contributed by atoms with Crippen LogP contribution >= 0.6 is 75.5 Å². The smallest absolute Gasteiger partial charge is 0.195 e. The molecular weight excluding hydrogens is 678 g/mol. The number of thioether (sulfide) groups is 1. The fourth-order valence-corrected chi connectivity index (χ4v) is 5.21. The molecule has 0 aliphatic carbocycles. The zero-order valence-electron chi connectivity index (χ0n) is 15.1. The molecule has 0 aliphatic rings. The Labute approximate surface area is 207 Å². The first kappa shape index (κ1) is 26.5. The molecule has 29 heavy (non-hydrogen) atoms. The number of sulfone groups is 1. The molecule has 0 fully saturated rings. The molecule has 12 heteroatoms. The van der Waals surface area contributed by atoms with Crippen molar-refractivity contribution in [3.63, 3.8) is 0 Å². The Hall–Kier alpha value is -0.530. The van der Waals surface area contributed by atoms with Gasteiger partial charge in [0.25, 0.3) is 0 Å². The van der Waals surface area contributed by atoms with Crippen molar-refractivity contribution in [2.75, 3.05) is 12.5 Å². The molecule has 0 atom stereocenters. The van der Waals surface area contributed by atoms with Gasteiger partial charge >= 0.3 is 0 Å². The average molecular weight is 693 g/mol. The summed E-state index contributed by atoms with van der Waals surface area (Å²) < 4.78 is 25.9. The first-order chi connectivity index (χ1) is 13.6. The van der Waals surface area contributed by atoms with Crippen LogP contribution in [0.3, 0.4) is 0 Å². The summed E-state index contributed by atoms with van der Waals surface area (Å²) in [7, 11) is -3.25. The fraction of sp³-hybridized carbons (Fsp3) is 0.118. The van der Waals surface area contributed by atoms with Crippen LogP contribution < -0.4 is 4.73 Å². The van der Waals surface area contributed by atoms with Gasteiger partial charge in [-0.25, -0.2) is 8.42 Å². The SMILES string of the molecule is Brc1ccncc1Br.CS(=O)(=O)c1cc[n+]([O-])cc1Br.CSc1ccncc1Br. The van der Waals surface area contributed by atoms with E-state index in [2.05, 4.69) is 73.7 Å². The molecule has 3 aromatic rings. The van der Waals surface area contributed by atoms with Gasteiger partial charge in [0.05, 0.1) is 9.37 Å². The van der Waals surface area contributed by atoms with E-state index in [4.69, 9.17) is 0 Å². The highest BCUT2D eigenvalue weighted by Crippen LogP contribution is 2.23. The fourth-order valence-electron chi connectivity index (χ4n) is 1.63. The van der Waals surface area contributed by atoms with Crippen LogP contribution in [0.5, 0.6) is 0 Å². The summed E-state index contributed by atoms with van der Waals surface area (Å²) >= 11 is 14.7. The lowest BCUT2D eigenvalue weighted by Gasteiger charge is -2.00. The van der Waals surface area contributed by atoms with Crippen molar-refractivity contribution in [3.8, 4) is 0 Å². The van der Waals surface area contributed by atoms with E-state index in [-0.39, 0.29) is 9.37 Å². The molecule has 0 N–H and O–H groups in total. The molecule has 3 aromatic heterocycles. The van der Waals surface area contributed by atoms with Gasteiger partial charge in [0.15, 0.2) is 22.2 Å². The number of halogens is 4. The van der Waals surface area contributed by atoms with Gasteiger partial charge < -0.3 is 5.21 Å². The van der Waals surface area contributed by atoms with E-state index in [0.29, 0.717) is 4.73 Å². The topological polar surface area (TPSA) is 86.9 Å². The normalized spacial score (nSPS) is 10.3. The lowest BCUT2D eigenvalue weighted by atomic mass is 10.5. The van der Waals surface area contributed by atoms with Gasteiger partial charge in [-0.15, -0.1) is 11.8 Å². The molecule has 3 heterocycles. The summed E-state index contributed by atoms with van der Waals surface area (Å²) in [5, 5.41) is 10.7. The van der Waals surface area contributed by atoms with Gasteiger partial charge in [0.2, 0.25) is 0 Å². The van der Waals surface area contributed by atoms with Crippen molar-refractivity contribution in [1.29, 1.82) is 0 Å². The first-order valence-electron chi connectivity index (χ1n) is 7.53. The predicted molar refractivity (Wildman–Crippen MR) is 130 cm³/mol. The quantitative estimate of drug-likeness (QED) is 0.196. The maximum atomic E-state index is 11.0. The van der Waals surface area contributed by atoms with Crippen LogP contribution in [-0.4, -0.2) is 30.9 Å². The Morgan fingerprint density at radius 3 is 1.90 bits per heavy atom. The summed E-state index contributed by atoms with van der Waals surface area (Å²) in [4.78, 5) is 9.15. The Morgan fingerprint density at radius 2 is 1.52 bits per heavy atom. The number of pyridine rings is 3. The summed E-state index contributed by atoms with van der Waals surface area (Å²) in [6.45, 7) is 0. The number of aromatic nitrogens is 3. The molecule has 3 rings (SSSR count). The van der Waals surface area contributed by atoms with E-state index >= 15 is 0 Å². The monoisotopic (exact) mass is 689 g/mol. The molecule has 0 amide bonds. The molecule has 0 aromatic carbocycles. The van der Waals surface area contributed by atoms with Gasteiger partial charge in [-0.3, -0.25) is 9.97 Å². The van der Waals surface area contributed by atoms with Crippen molar-refractivity contribution in [2.24, 2.45) is 0 Å². The lowest BCUT2D eigenvalue weighted by Crippen LogP contribution is -2.24. The maximum Gasteiger partial charge on any atom is 0.195 e. The van der Waals surface area contributed by atoms with Crippen LogP contribution in [0.1, 0.15) is 0 Å². The Kier molecular flexibility index (Phi) is 11.9. The van der Waals surface area contributed by atoms with Crippen LogP contribution in [0.15, 0.2) is 83.1 Å². The minimum Gasteiger partial charge on any atom is -0.619 e. The molecule has 0 radical (unpaired) electrons. The van der Waals surface area contributed by atoms with E-state index < -0.39 is 9.84 Å². The second-order valence-electron chi connectivity index (χ2n) is 5.09. The van der Waals surface area contributed by atoms with Gasteiger partial charge in [-0.1, -0.05) is 0 Å². The minimum absolute atomic E-state index is 0.120. The molecule has 0 aliphatic heterocycles. The van der Waals surface area contributed by atoms with Crippen LogP contribution in [-0.2, 0) is 9.84 Å². The van der Waals surface area contributed by atoms with E-state index in [9.17, 15) is 13.6 Å². The average Bonchev–Trinajstić information content (AvgIpc) is 2.64. The first-order valence-corrected chi connectivity index (χ1v) is 13.8. The molecule has 156 valence electrons. The standard InChI is InChI=1S/C6H6BrNO3S.C6H6BrNS.C5H3Br2N/c1-12(10,11)6-2-3-8(9)4-5(6)7;1-9-6-2-3-8-4-5(6)7;6-4-1-2-8-3-5(4)7/h2-4H,1H3;2-4H,1H3;1-3H. The minimum atomic E-state index is -3.25. The van der Waals surface area contributed by atoms with E-state index in [1.54, 1.807) is 36.5 Å². The second kappa shape index (κ2) is 13.0. The van der Waals surface area contributed by atoms with Gasteiger partial charge in [-0.2, -0.15) is 4.73 Å². The second-order valence-corrected chi connectivity index (χ2v) is 11.3. The van der Waals surface area contributed by atoms with Crippen LogP contribution in [0.4, 0.5) is 0 Å². The summed E-state index contributed by atoms with van der Waals surface area (Å²) in [6, 6.07) is 5.12. The number of hydrogen-bond acceptors (Lipinski definition) is 6. The van der Waals surface area contributed by atoms with Crippen LogP contribution in [0.25, 0.3) is 0 Å². The summed E-state index contributed by atoms with van der Waals surface area (Å²) in [6.07, 6.45) is 12.5. The third-order valence-electron chi connectivity index (χ3n) is 2.93. The Morgan fingerprint density at radius 1 is 0.931 bits per heavy atom. The van der Waals surface area contributed by atoms with Gasteiger partial charge in [0.1, 0.15) is 4.47 Å². The predicted octanol–water partition coefficient (Wildman–Crippen LogP) is 5.66. The van der Waals surface area contributed by atoms with Gasteiger partial charge in [-0.05, 0) is 82.1 Å². The molecule has 0 bridgehead atoms. The Bertz CT molecular complexity index is 1030. The third-order valence-corrected chi connectivity index (χ3v) is 8.52. The van der Waals surface area contributed by atoms with E-state index in [1.807, 2.05) is 18.4 Å². The van der Waals surface area contributed by atoms with E-state index in [1.165, 1.54) is 11.0 Å². The maximum absolute atomic E-state index is 11.0. The molecule has 0 saturated carbocycles. The van der Waals surface area contributed by atoms with E-state index in [0.717, 1.165) is 32.1 Å². The zero-order chi connectivity index (χ0) is 22.0. The third kappa shape index (κ3) is 9.88. The zero-order valence-corrected chi connectivity index (χ0v) is 23.1. The molecule has 0 saturated heterocycles. The highest BCUT2D eigenvalue weighted by molar-refractivity contribution is 9.13. The number of nitrogens with zero attached hydrogens (tertiary/aromatic N) is 3. The largest absolute Gasteiger partial charge is 0.619 e. The molecule has 6 nitrogen and oxygen atoms in total. The Balaban J connectivity index is 0.000000223. The molecular formula is C17H15Br4N3O3S2. The summed E-state index contributed by atoms with van der Waals surface area (Å²) in [5.74, 6) is 0. The number of hydrogen-bond donors (Lipinski definition) is 0. The van der Waals surface area contributed by atoms with Crippen molar-refractivity contribution >= 4 is 85.3 Å². The number of rotatable bonds is 2. The lowest BCUT2D eigenvalue weighted by molar-refractivity contribution is -0.606. The van der Waals surface area contributed by atoms with Crippen molar-refractivity contribution in [1.82, 2.24) is 9.97 Å². The van der Waals surface area contributed by atoms with Crippen molar-refractivity contribution in [3.05, 3.63) is 78.5 Å². The van der Waals surface area contributed by atoms with Crippen molar-refractivity contribution < 1.29 is 13.1 Å². The van der Waals surface area contributed by atoms with Gasteiger partial charge in [0, 0.05) is 51.0 Å². The summed E-state index contributed by atoms with van der Waals surface area (Å²) in [5.41, 5.74) is 0.